The maximum absolute atomic E-state index is 3.67. The molecule has 3 aromatic carbocycles. The summed E-state index contributed by atoms with van der Waals surface area (Å²) in [6, 6.07) is 25.7. The van der Waals surface area contributed by atoms with Crippen LogP contribution in [0.5, 0.6) is 0 Å². The van der Waals surface area contributed by atoms with Crippen LogP contribution in [-0.4, -0.2) is 3.71 Å². The predicted molar refractivity (Wildman–Crippen MR) is 197 cm³/mol. The van der Waals surface area contributed by atoms with Crippen LogP contribution in [0.15, 0.2) is 78.4 Å². The summed E-state index contributed by atoms with van der Waals surface area (Å²) in [7, 11) is 0. The fourth-order valence-electron chi connectivity index (χ4n) is 9.63. The Labute approximate surface area is 326 Å². The fourth-order valence-corrected chi connectivity index (χ4v) is 10.2. The van der Waals surface area contributed by atoms with Gasteiger partial charge in [0.15, 0.2) is 0 Å². The Morgan fingerprint density at radius 3 is 1.90 bits per heavy atom. The summed E-state index contributed by atoms with van der Waals surface area (Å²) < 4.78 is 2.25. The summed E-state index contributed by atoms with van der Waals surface area (Å²) in [4.78, 5) is 0. The third-order valence-corrected chi connectivity index (χ3v) is 12.4. The van der Waals surface area contributed by atoms with E-state index in [1.165, 1.54) is 88.0 Å². The number of benzene rings is 3. The molecule has 6 aliphatic carbocycles. The van der Waals surface area contributed by atoms with Crippen molar-refractivity contribution < 1.29 is 49.0 Å². The first-order chi connectivity index (χ1) is 22.2. The van der Waals surface area contributed by atoms with Gasteiger partial charge in [0, 0.05) is 0 Å². The zero-order valence-electron chi connectivity index (χ0n) is 31.2. The Balaban J connectivity index is 0.000000174. The molecule has 4 saturated carbocycles. The van der Waals surface area contributed by atoms with E-state index >= 15 is 0 Å². The SMILES string of the molecule is CC(C)(C)c1[c-]c2c(cc1)-c1ccc(C(C)(C)C)cc1C2.CC1=CC(C)(C23CC4CC(CC(C4)C2)C3)C=[C-]1.[Cl-].[Cl-].[Zr+2]=[CH]Cc1ccccc1. The van der Waals surface area contributed by atoms with Crippen LogP contribution in [0.2, 0.25) is 0 Å². The number of fused-ring (bicyclic) bond motifs is 3. The Morgan fingerprint density at radius 2 is 1.39 bits per heavy atom. The Bertz CT molecular complexity index is 1570. The van der Waals surface area contributed by atoms with Gasteiger partial charge in [-0.3, -0.25) is 6.08 Å². The molecule has 6 aliphatic rings. The molecule has 9 rings (SSSR count). The average molecular weight is 771 g/mol. The molecule has 0 radical (unpaired) electrons. The summed E-state index contributed by atoms with van der Waals surface area (Å²) in [5.41, 5.74) is 12.4. The van der Waals surface area contributed by atoms with Gasteiger partial charge in [-0.15, -0.1) is 11.1 Å². The van der Waals surface area contributed by atoms with Gasteiger partial charge < -0.3 is 24.8 Å². The topological polar surface area (TPSA) is 0 Å². The number of allylic oxidation sites excluding steroid dienone is 4. The second-order valence-corrected chi connectivity index (χ2v) is 18.8. The summed E-state index contributed by atoms with van der Waals surface area (Å²) in [5, 5.41) is 0. The first-order valence-corrected chi connectivity index (χ1v) is 19.6. The minimum atomic E-state index is 0. The van der Waals surface area contributed by atoms with Gasteiger partial charge in [0.2, 0.25) is 0 Å². The molecule has 3 heteroatoms. The van der Waals surface area contributed by atoms with Crippen LogP contribution in [0.1, 0.15) is 122 Å². The van der Waals surface area contributed by atoms with Gasteiger partial charge in [-0.1, -0.05) is 84.6 Å². The molecule has 0 spiro atoms. The molecule has 0 saturated heterocycles. The normalized spacial score (nSPS) is 26.9. The molecule has 49 heavy (non-hydrogen) atoms. The Kier molecular flexibility index (Phi) is 12.8. The van der Waals surface area contributed by atoms with Crippen LogP contribution < -0.4 is 24.8 Å². The molecule has 0 N–H and O–H groups in total. The van der Waals surface area contributed by atoms with Crippen LogP contribution >= 0.6 is 0 Å². The average Bonchev–Trinajstić information content (AvgIpc) is 3.56. The molecule has 260 valence electrons. The fraction of sp³-hybridized carbons (Fsp3) is 0.500. The molecular formula is C46H56Cl2Zr-2. The van der Waals surface area contributed by atoms with E-state index in [1.54, 1.807) is 19.3 Å². The van der Waals surface area contributed by atoms with Crippen LogP contribution in [0.4, 0.5) is 0 Å². The molecule has 4 fully saturated rings. The van der Waals surface area contributed by atoms with E-state index in [1.807, 2.05) is 6.07 Å². The van der Waals surface area contributed by atoms with Gasteiger partial charge in [-0.05, 0) is 90.1 Å². The van der Waals surface area contributed by atoms with Crippen LogP contribution in [0.25, 0.3) is 11.1 Å². The van der Waals surface area contributed by atoms with Crippen LogP contribution in [0, 0.1) is 40.7 Å². The second kappa shape index (κ2) is 15.6. The predicted octanol–water partition coefficient (Wildman–Crippen LogP) is 5.77. The molecule has 1 unspecified atom stereocenters. The van der Waals surface area contributed by atoms with E-state index in [-0.39, 0.29) is 35.6 Å². The summed E-state index contributed by atoms with van der Waals surface area (Å²) >= 11 is 1.51. The monoisotopic (exact) mass is 768 g/mol. The maximum atomic E-state index is 3.67. The van der Waals surface area contributed by atoms with E-state index in [0.29, 0.717) is 10.8 Å². The van der Waals surface area contributed by atoms with Crippen molar-refractivity contribution >= 4 is 3.71 Å². The Hall–Kier alpha value is -1.53. The molecular weight excluding hydrogens is 715 g/mol. The van der Waals surface area contributed by atoms with Crippen molar-refractivity contribution in [1.82, 2.24) is 0 Å². The van der Waals surface area contributed by atoms with Gasteiger partial charge in [-0.25, -0.2) is 11.6 Å². The molecule has 0 nitrogen and oxygen atoms in total. The van der Waals surface area contributed by atoms with Gasteiger partial charge in [0.05, 0.1) is 0 Å². The van der Waals surface area contributed by atoms with Gasteiger partial charge >= 0.3 is 70.3 Å². The number of hydrogen-bond donors (Lipinski definition) is 0. The first kappa shape index (κ1) is 40.2. The van der Waals surface area contributed by atoms with E-state index < -0.39 is 0 Å². The zero-order chi connectivity index (χ0) is 33.6. The number of rotatable bonds is 3. The summed E-state index contributed by atoms with van der Waals surface area (Å²) in [6.45, 7) is 18.3. The van der Waals surface area contributed by atoms with Gasteiger partial charge in [0.25, 0.3) is 0 Å². The summed E-state index contributed by atoms with van der Waals surface area (Å²) in [5.74, 6) is 3.17. The molecule has 3 aromatic rings. The third-order valence-electron chi connectivity index (χ3n) is 11.9. The Morgan fingerprint density at radius 1 is 0.796 bits per heavy atom. The molecule has 0 heterocycles. The third kappa shape index (κ3) is 8.75. The van der Waals surface area contributed by atoms with E-state index in [9.17, 15) is 0 Å². The van der Waals surface area contributed by atoms with Gasteiger partial charge in [0.1, 0.15) is 0 Å². The number of hydrogen-bond acceptors (Lipinski definition) is 0. The second-order valence-electron chi connectivity index (χ2n) is 17.8. The molecule has 1 atom stereocenters. The standard InChI is InChI=1S/C21H25.C17H23.C8H8.2ClH.Zr/c1-20(2,3)16-7-9-18-14(12-16)11-15-13-17(21(4,5)6)8-10-19(15)18;1-12-3-4-16(2,8-12)17-9-13-5-14(10-17)7-15(6-13)11-17;1-2-8-6-4-3-5-7-8;;;/h7-10,12H,11H2,1-6H3;4,8,13-15H,5-7,9-11H2,1-2H3;1,3-7H,2H2;2*1H;/q2*-1;;;;+2/p-2. The van der Waals surface area contributed by atoms with E-state index in [0.717, 1.165) is 30.6 Å². The summed E-state index contributed by atoms with van der Waals surface area (Å²) in [6.07, 6.45) is 19.7. The molecule has 4 bridgehead atoms. The quantitative estimate of drug-likeness (QED) is 0.233. The van der Waals surface area contributed by atoms with Crippen molar-refractivity contribution in [1.29, 1.82) is 0 Å². The molecule has 0 aliphatic heterocycles. The van der Waals surface area contributed by atoms with Crippen LogP contribution in [0.3, 0.4) is 0 Å². The van der Waals surface area contributed by atoms with Crippen molar-refractivity contribution in [2.75, 3.05) is 0 Å². The van der Waals surface area contributed by atoms with E-state index in [2.05, 4.69) is 138 Å². The molecule has 0 aromatic heterocycles. The van der Waals surface area contributed by atoms with Crippen molar-refractivity contribution in [3.63, 3.8) is 0 Å². The van der Waals surface area contributed by atoms with Crippen molar-refractivity contribution in [3.05, 3.63) is 118 Å². The van der Waals surface area contributed by atoms with Gasteiger partial charge in [-0.2, -0.15) is 29.8 Å². The number of halogens is 2. The zero-order valence-corrected chi connectivity index (χ0v) is 35.1. The van der Waals surface area contributed by atoms with Crippen molar-refractivity contribution in [2.24, 2.45) is 28.6 Å². The molecule has 0 amide bonds. The van der Waals surface area contributed by atoms with Crippen molar-refractivity contribution in [3.8, 4) is 11.1 Å². The minimum absolute atomic E-state index is 0. The van der Waals surface area contributed by atoms with Crippen molar-refractivity contribution in [2.45, 2.75) is 118 Å². The first-order valence-electron chi connectivity index (χ1n) is 18.2. The van der Waals surface area contributed by atoms with E-state index in [4.69, 9.17) is 0 Å². The van der Waals surface area contributed by atoms with Crippen LogP contribution in [-0.2, 0) is 47.9 Å².